The van der Waals surface area contributed by atoms with Gasteiger partial charge < -0.3 is 14.8 Å². The summed E-state index contributed by atoms with van der Waals surface area (Å²) in [5.41, 5.74) is 1.11. The number of thiocarbonyl (C=S) groups is 1. The lowest BCUT2D eigenvalue weighted by Gasteiger charge is -2.29. The van der Waals surface area contributed by atoms with Crippen molar-refractivity contribution >= 4 is 28.9 Å². The highest BCUT2D eigenvalue weighted by molar-refractivity contribution is 7.80. The number of unbranched alkanes of at least 4 members (excludes halogenated alkanes) is 2. The van der Waals surface area contributed by atoms with Crippen LogP contribution in [-0.2, 0) is 13.1 Å². The van der Waals surface area contributed by atoms with Gasteiger partial charge in [-0.3, -0.25) is 0 Å². The molecule has 28 heavy (non-hydrogen) atoms. The Labute approximate surface area is 180 Å². The Morgan fingerprint density at radius 1 is 1.25 bits per heavy atom. The van der Waals surface area contributed by atoms with E-state index in [2.05, 4.69) is 39.7 Å². The van der Waals surface area contributed by atoms with Gasteiger partial charge in [-0.15, -0.1) is 0 Å². The summed E-state index contributed by atoms with van der Waals surface area (Å²) in [7, 11) is 0. The second kappa shape index (κ2) is 12.8. The molecule has 1 heterocycles. The van der Waals surface area contributed by atoms with Crippen LogP contribution >= 0.6 is 23.8 Å². The van der Waals surface area contributed by atoms with Crippen molar-refractivity contribution in [1.82, 2.24) is 19.8 Å². The Balaban J connectivity index is 1.98. The van der Waals surface area contributed by atoms with Gasteiger partial charge in [-0.05, 0) is 43.1 Å². The molecule has 2 rings (SSSR count). The summed E-state index contributed by atoms with van der Waals surface area (Å²) in [6.07, 6.45) is 12.7. The van der Waals surface area contributed by atoms with E-state index in [1.54, 1.807) is 0 Å². The van der Waals surface area contributed by atoms with Crippen LogP contribution in [0.5, 0.6) is 0 Å². The van der Waals surface area contributed by atoms with Crippen molar-refractivity contribution in [1.29, 1.82) is 0 Å². The van der Waals surface area contributed by atoms with Crippen molar-refractivity contribution in [3.05, 3.63) is 53.6 Å². The molecule has 1 unspecified atom stereocenters. The fraction of sp³-hybridized carbons (Fsp3) is 0.545. The Morgan fingerprint density at radius 2 is 2.07 bits per heavy atom. The molecule has 1 atom stereocenters. The van der Waals surface area contributed by atoms with E-state index >= 15 is 0 Å². The number of halogens is 1. The molecule has 0 saturated heterocycles. The molecular formula is C22H33ClN4S. The molecule has 1 aromatic heterocycles. The van der Waals surface area contributed by atoms with Crippen LogP contribution in [0, 0.1) is 0 Å². The number of nitrogens with zero attached hydrogens (tertiary/aromatic N) is 3. The summed E-state index contributed by atoms with van der Waals surface area (Å²) in [5.74, 6) is 0. The second-order valence-corrected chi connectivity index (χ2v) is 8.01. The summed E-state index contributed by atoms with van der Waals surface area (Å²) >= 11 is 12.2. The van der Waals surface area contributed by atoms with Gasteiger partial charge in [-0.1, -0.05) is 62.9 Å². The van der Waals surface area contributed by atoms with Crippen LogP contribution in [0.2, 0.25) is 5.02 Å². The first kappa shape index (κ1) is 22.7. The molecule has 1 aromatic carbocycles. The molecule has 0 radical (unpaired) electrons. The van der Waals surface area contributed by atoms with Crippen molar-refractivity contribution in [2.75, 3.05) is 6.54 Å². The van der Waals surface area contributed by atoms with E-state index in [4.69, 9.17) is 23.8 Å². The van der Waals surface area contributed by atoms with Crippen LogP contribution in [0.1, 0.15) is 57.9 Å². The molecule has 0 bridgehead atoms. The Morgan fingerprint density at radius 3 is 2.75 bits per heavy atom. The summed E-state index contributed by atoms with van der Waals surface area (Å²) in [6, 6.07) is 8.44. The lowest BCUT2D eigenvalue weighted by atomic mass is 10.1. The minimum atomic E-state index is 0.432. The van der Waals surface area contributed by atoms with E-state index in [0.717, 1.165) is 48.2 Å². The topological polar surface area (TPSA) is 33.1 Å². The number of hydrogen-bond acceptors (Lipinski definition) is 2. The molecule has 4 nitrogen and oxygen atoms in total. The zero-order chi connectivity index (χ0) is 20.2. The van der Waals surface area contributed by atoms with Crippen molar-refractivity contribution in [3.8, 4) is 0 Å². The number of aromatic nitrogens is 2. The highest BCUT2D eigenvalue weighted by Gasteiger charge is 2.15. The largest absolute Gasteiger partial charge is 0.360 e. The Bertz CT molecular complexity index is 690. The predicted molar refractivity (Wildman–Crippen MR) is 123 cm³/mol. The SMILES string of the molecule is CCCCCC(CC)NC(=S)N(CCCn1ccnc1)Cc1ccccc1Cl. The summed E-state index contributed by atoms with van der Waals surface area (Å²) in [4.78, 5) is 6.36. The zero-order valence-corrected chi connectivity index (χ0v) is 18.7. The van der Waals surface area contributed by atoms with Crippen LogP contribution in [0.15, 0.2) is 43.0 Å². The van der Waals surface area contributed by atoms with Gasteiger partial charge in [0, 0.05) is 43.1 Å². The van der Waals surface area contributed by atoms with Crippen LogP contribution in [-0.4, -0.2) is 32.2 Å². The quantitative estimate of drug-likeness (QED) is 0.354. The molecule has 0 amide bonds. The third-order valence-electron chi connectivity index (χ3n) is 4.99. The Kier molecular flexibility index (Phi) is 10.4. The highest BCUT2D eigenvalue weighted by atomic mass is 35.5. The van der Waals surface area contributed by atoms with Gasteiger partial charge in [0.15, 0.2) is 5.11 Å². The first-order valence-electron chi connectivity index (χ1n) is 10.4. The molecule has 154 valence electrons. The van der Waals surface area contributed by atoms with Crippen LogP contribution in [0.3, 0.4) is 0 Å². The number of hydrogen-bond donors (Lipinski definition) is 1. The fourth-order valence-corrected chi connectivity index (χ4v) is 3.75. The third-order valence-corrected chi connectivity index (χ3v) is 5.73. The van der Waals surface area contributed by atoms with Gasteiger partial charge in [0.05, 0.1) is 6.33 Å². The van der Waals surface area contributed by atoms with Gasteiger partial charge in [0.2, 0.25) is 0 Å². The van der Waals surface area contributed by atoms with E-state index in [1.807, 2.05) is 36.9 Å². The van der Waals surface area contributed by atoms with Crippen LogP contribution < -0.4 is 5.32 Å². The maximum absolute atomic E-state index is 6.40. The van der Waals surface area contributed by atoms with E-state index in [1.165, 1.54) is 25.7 Å². The molecule has 0 aliphatic rings. The normalized spacial score (nSPS) is 12.0. The van der Waals surface area contributed by atoms with Crippen molar-refractivity contribution in [2.45, 2.75) is 71.5 Å². The number of nitrogens with one attached hydrogen (secondary N) is 1. The number of benzene rings is 1. The lowest BCUT2D eigenvalue weighted by Crippen LogP contribution is -2.44. The average Bonchev–Trinajstić information content (AvgIpc) is 3.21. The predicted octanol–water partition coefficient (Wildman–Crippen LogP) is 5.66. The maximum Gasteiger partial charge on any atom is 0.169 e. The van der Waals surface area contributed by atoms with Crippen molar-refractivity contribution < 1.29 is 0 Å². The molecule has 0 fully saturated rings. The molecule has 2 aromatic rings. The third kappa shape index (κ3) is 7.80. The monoisotopic (exact) mass is 420 g/mol. The van der Waals surface area contributed by atoms with Gasteiger partial charge in [-0.25, -0.2) is 4.98 Å². The minimum absolute atomic E-state index is 0.432. The van der Waals surface area contributed by atoms with E-state index in [9.17, 15) is 0 Å². The van der Waals surface area contributed by atoms with Crippen LogP contribution in [0.25, 0.3) is 0 Å². The lowest BCUT2D eigenvalue weighted by molar-refractivity contribution is 0.373. The first-order valence-corrected chi connectivity index (χ1v) is 11.2. The molecule has 1 N–H and O–H groups in total. The highest BCUT2D eigenvalue weighted by Crippen LogP contribution is 2.18. The number of rotatable bonds is 12. The Hall–Kier alpha value is -1.59. The average molecular weight is 421 g/mol. The summed E-state index contributed by atoms with van der Waals surface area (Å²) < 4.78 is 2.10. The van der Waals surface area contributed by atoms with Gasteiger partial charge in [0.25, 0.3) is 0 Å². The van der Waals surface area contributed by atoms with Crippen molar-refractivity contribution in [3.63, 3.8) is 0 Å². The van der Waals surface area contributed by atoms with E-state index in [-0.39, 0.29) is 0 Å². The summed E-state index contributed by atoms with van der Waals surface area (Å²) in [5, 5.41) is 5.22. The standard InChI is InChI=1S/C22H33ClN4S/c1-3-5-6-11-20(4-2)25-22(28)27(15-9-14-26-16-13-24-18-26)17-19-10-7-8-12-21(19)23/h7-8,10,12-13,16,18,20H,3-6,9,11,14-15,17H2,1-2H3,(H,25,28). The first-order chi connectivity index (χ1) is 13.6. The van der Waals surface area contributed by atoms with Gasteiger partial charge in [0.1, 0.15) is 0 Å². The van der Waals surface area contributed by atoms with Gasteiger partial charge in [-0.2, -0.15) is 0 Å². The van der Waals surface area contributed by atoms with Crippen molar-refractivity contribution in [2.24, 2.45) is 0 Å². The molecule has 0 aliphatic carbocycles. The number of aryl methyl sites for hydroxylation is 1. The molecule has 0 aliphatic heterocycles. The summed E-state index contributed by atoms with van der Waals surface area (Å²) in [6.45, 7) is 6.99. The van der Waals surface area contributed by atoms with E-state index in [0.29, 0.717) is 6.04 Å². The smallest absolute Gasteiger partial charge is 0.169 e. The molecule has 0 saturated carbocycles. The molecular weight excluding hydrogens is 388 g/mol. The molecule has 6 heteroatoms. The maximum atomic E-state index is 6.40. The number of imidazole rings is 1. The van der Waals surface area contributed by atoms with Crippen LogP contribution in [0.4, 0.5) is 0 Å². The van der Waals surface area contributed by atoms with Gasteiger partial charge >= 0.3 is 0 Å². The van der Waals surface area contributed by atoms with E-state index < -0.39 is 0 Å². The molecule has 0 spiro atoms. The second-order valence-electron chi connectivity index (χ2n) is 7.22. The minimum Gasteiger partial charge on any atom is -0.360 e. The zero-order valence-electron chi connectivity index (χ0n) is 17.1. The fourth-order valence-electron chi connectivity index (χ4n) is 3.23.